The van der Waals surface area contributed by atoms with Crippen LogP contribution < -0.4 is 4.74 Å². The first-order valence-electron chi connectivity index (χ1n) is 5.00. The van der Waals surface area contributed by atoms with Crippen LogP contribution in [0.2, 0.25) is 0 Å². The Morgan fingerprint density at radius 1 is 1.50 bits per heavy atom. The van der Waals surface area contributed by atoms with Crippen molar-refractivity contribution >= 4 is 22.6 Å². The number of aliphatic hydroxyl groups excluding tert-OH is 1. The fourth-order valence-electron chi connectivity index (χ4n) is 1.74. The van der Waals surface area contributed by atoms with Gasteiger partial charge >= 0.3 is 0 Å². The van der Waals surface area contributed by atoms with E-state index >= 15 is 0 Å². The number of hydrogen-bond acceptors (Lipinski definition) is 3. The molecule has 0 spiro atoms. The standard InChI is InChI=1S/C11H13ClN2O2/c1-16-8-2-3-10-9(6-8)13-11(7-12)14(10)4-5-15/h2-3,6,15H,4-5,7H2,1H3. The zero-order chi connectivity index (χ0) is 11.5. The lowest BCUT2D eigenvalue weighted by Crippen LogP contribution is -2.05. The molecule has 0 aliphatic heterocycles. The van der Waals surface area contributed by atoms with Crippen molar-refractivity contribution in [2.24, 2.45) is 0 Å². The van der Waals surface area contributed by atoms with Gasteiger partial charge in [0.25, 0.3) is 0 Å². The topological polar surface area (TPSA) is 47.3 Å². The first kappa shape index (κ1) is 11.2. The summed E-state index contributed by atoms with van der Waals surface area (Å²) in [7, 11) is 1.62. The van der Waals surface area contributed by atoms with Crippen molar-refractivity contribution in [3.8, 4) is 5.75 Å². The van der Waals surface area contributed by atoms with Gasteiger partial charge in [0.2, 0.25) is 0 Å². The summed E-state index contributed by atoms with van der Waals surface area (Å²) in [5.41, 5.74) is 1.80. The van der Waals surface area contributed by atoms with Crippen molar-refractivity contribution in [1.29, 1.82) is 0 Å². The van der Waals surface area contributed by atoms with E-state index in [0.29, 0.717) is 12.4 Å². The summed E-state index contributed by atoms with van der Waals surface area (Å²) in [6, 6.07) is 5.65. The summed E-state index contributed by atoms with van der Waals surface area (Å²) >= 11 is 5.82. The fourth-order valence-corrected chi connectivity index (χ4v) is 1.94. The minimum Gasteiger partial charge on any atom is -0.497 e. The maximum absolute atomic E-state index is 9.00. The van der Waals surface area contributed by atoms with Crippen molar-refractivity contribution in [2.75, 3.05) is 13.7 Å². The molecule has 1 aromatic heterocycles. The third-order valence-corrected chi connectivity index (χ3v) is 2.72. The number of rotatable bonds is 4. The second-order valence-electron chi connectivity index (χ2n) is 3.39. The molecule has 4 nitrogen and oxygen atoms in total. The van der Waals surface area contributed by atoms with E-state index in [1.807, 2.05) is 22.8 Å². The Labute approximate surface area is 98.4 Å². The molecule has 1 aromatic carbocycles. The van der Waals surface area contributed by atoms with Crippen molar-refractivity contribution < 1.29 is 9.84 Å². The lowest BCUT2D eigenvalue weighted by atomic mass is 10.3. The van der Waals surface area contributed by atoms with Crippen LogP contribution in [-0.4, -0.2) is 28.4 Å². The number of benzene rings is 1. The minimum atomic E-state index is 0.0708. The van der Waals surface area contributed by atoms with Crippen LogP contribution >= 0.6 is 11.6 Å². The van der Waals surface area contributed by atoms with E-state index in [1.165, 1.54) is 0 Å². The van der Waals surface area contributed by atoms with Crippen molar-refractivity contribution in [1.82, 2.24) is 9.55 Å². The summed E-state index contributed by atoms with van der Waals surface area (Å²) < 4.78 is 7.05. The van der Waals surface area contributed by atoms with Crippen LogP contribution in [0.5, 0.6) is 5.75 Å². The number of aliphatic hydroxyl groups is 1. The maximum atomic E-state index is 9.00. The van der Waals surface area contributed by atoms with Crippen LogP contribution in [0.3, 0.4) is 0 Å². The molecule has 1 heterocycles. The minimum absolute atomic E-state index is 0.0708. The number of hydrogen-bond donors (Lipinski definition) is 1. The third-order valence-electron chi connectivity index (χ3n) is 2.48. The summed E-state index contributed by atoms with van der Waals surface area (Å²) in [6.07, 6.45) is 0. The van der Waals surface area contributed by atoms with Crippen LogP contribution in [0.15, 0.2) is 18.2 Å². The summed E-state index contributed by atoms with van der Waals surface area (Å²) in [6.45, 7) is 0.576. The maximum Gasteiger partial charge on any atom is 0.124 e. The van der Waals surface area contributed by atoms with Gasteiger partial charge in [-0.15, -0.1) is 11.6 Å². The van der Waals surface area contributed by atoms with Gasteiger partial charge < -0.3 is 14.4 Å². The van der Waals surface area contributed by atoms with E-state index in [-0.39, 0.29) is 6.61 Å². The Bertz CT molecular complexity index is 496. The fraction of sp³-hybridized carbons (Fsp3) is 0.364. The summed E-state index contributed by atoms with van der Waals surface area (Å²) in [4.78, 5) is 4.40. The number of aromatic nitrogens is 2. The Balaban J connectivity index is 2.58. The predicted molar refractivity (Wildman–Crippen MR) is 62.9 cm³/mol. The van der Waals surface area contributed by atoms with E-state index in [2.05, 4.69) is 4.98 Å². The molecule has 0 fully saturated rings. The van der Waals surface area contributed by atoms with Gasteiger partial charge in [0, 0.05) is 12.6 Å². The molecule has 0 amide bonds. The number of alkyl halides is 1. The Hall–Kier alpha value is -1.26. The zero-order valence-corrected chi connectivity index (χ0v) is 9.74. The molecule has 5 heteroatoms. The second kappa shape index (κ2) is 4.72. The summed E-state index contributed by atoms with van der Waals surface area (Å²) in [5.74, 6) is 1.86. The molecule has 0 aliphatic carbocycles. The van der Waals surface area contributed by atoms with Gasteiger partial charge in [-0.25, -0.2) is 4.98 Å². The number of nitrogens with zero attached hydrogens (tertiary/aromatic N) is 2. The first-order chi connectivity index (χ1) is 7.80. The van der Waals surface area contributed by atoms with Gasteiger partial charge in [0.15, 0.2) is 0 Å². The molecule has 0 saturated carbocycles. The molecule has 0 aliphatic rings. The van der Waals surface area contributed by atoms with Crippen LogP contribution in [-0.2, 0) is 12.4 Å². The van der Waals surface area contributed by atoms with Crippen molar-refractivity contribution in [3.63, 3.8) is 0 Å². The predicted octanol–water partition coefficient (Wildman–Crippen LogP) is 1.78. The second-order valence-corrected chi connectivity index (χ2v) is 3.66. The third kappa shape index (κ3) is 1.86. The van der Waals surface area contributed by atoms with Gasteiger partial charge in [0.1, 0.15) is 11.6 Å². The van der Waals surface area contributed by atoms with E-state index in [4.69, 9.17) is 21.4 Å². The molecular formula is C11H13ClN2O2. The number of fused-ring (bicyclic) bond motifs is 1. The van der Waals surface area contributed by atoms with Crippen LogP contribution in [0.4, 0.5) is 0 Å². The molecule has 1 N–H and O–H groups in total. The molecule has 0 atom stereocenters. The quantitative estimate of drug-likeness (QED) is 0.829. The van der Waals surface area contributed by atoms with Gasteiger partial charge in [-0.05, 0) is 12.1 Å². The van der Waals surface area contributed by atoms with E-state index in [9.17, 15) is 0 Å². The molecule has 2 aromatic rings. The van der Waals surface area contributed by atoms with Gasteiger partial charge in [-0.2, -0.15) is 0 Å². The molecular weight excluding hydrogens is 228 g/mol. The average Bonchev–Trinajstić information content (AvgIpc) is 2.67. The highest BCUT2D eigenvalue weighted by atomic mass is 35.5. The highest BCUT2D eigenvalue weighted by molar-refractivity contribution is 6.16. The number of methoxy groups -OCH3 is 1. The molecule has 0 saturated heterocycles. The van der Waals surface area contributed by atoms with Gasteiger partial charge in [0.05, 0.1) is 30.6 Å². The molecule has 16 heavy (non-hydrogen) atoms. The number of halogens is 1. The smallest absolute Gasteiger partial charge is 0.124 e. The number of ether oxygens (including phenoxy) is 1. The monoisotopic (exact) mass is 240 g/mol. The van der Waals surface area contributed by atoms with E-state index in [0.717, 1.165) is 22.6 Å². The van der Waals surface area contributed by atoms with Crippen LogP contribution in [0.1, 0.15) is 5.82 Å². The van der Waals surface area contributed by atoms with Crippen LogP contribution in [0.25, 0.3) is 11.0 Å². The molecule has 0 radical (unpaired) electrons. The van der Waals surface area contributed by atoms with Crippen LogP contribution in [0, 0.1) is 0 Å². The van der Waals surface area contributed by atoms with E-state index in [1.54, 1.807) is 7.11 Å². The highest BCUT2D eigenvalue weighted by Gasteiger charge is 2.09. The van der Waals surface area contributed by atoms with Crippen molar-refractivity contribution in [2.45, 2.75) is 12.4 Å². The Kier molecular flexibility index (Phi) is 3.31. The lowest BCUT2D eigenvalue weighted by Gasteiger charge is -2.05. The number of imidazole rings is 1. The SMILES string of the molecule is COc1ccc2c(c1)nc(CCl)n2CCO. The normalized spacial score (nSPS) is 10.9. The molecule has 2 rings (SSSR count). The van der Waals surface area contributed by atoms with E-state index < -0.39 is 0 Å². The van der Waals surface area contributed by atoms with Gasteiger partial charge in [-0.3, -0.25) is 0 Å². The molecule has 86 valence electrons. The molecule has 0 bridgehead atoms. The lowest BCUT2D eigenvalue weighted by molar-refractivity contribution is 0.276. The Morgan fingerprint density at radius 2 is 2.31 bits per heavy atom. The molecule has 0 unspecified atom stereocenters. The van der Waals surface area contributed by atoms with Crippen molar-refractivity contribution in [3.05, 3.63) is 24.0 Å². The van der Waals surface area contributed by atoms with Gasteiger partial charge in [-0.1, -0.05) is 0 Å². The largest absolute Gasteiger partial charge is 0.497 e. The zero-order valence-electron chi connectivity index (χ0n) is 8.98. The average molecular weight is 241 g/mol. The highest BCUT2D eigenvalue weighted by Crippen LogP contribution is 2.22. The Morgan fingerprint density at radius 3 is 2.94 bits per heavy atom. The first-order valence-corrected chi connectivity index (χ1v) is 5.53. The summed E-state index contributed by atoms with van der Waals surface area (Å²) in [5, 5.41) is 9.00.